The molecule has 1 aromatic carbocycles. The van der Waals surface area contributed by atoms with E-state index in [1.165, 1.54) is 25.3 Å². The highest BCUT2D eigenvalue weighted by Gasteiger charge is 2.08. The number of benzene rings is 1. The second kappa shape index (κ2) is 5.97. The fourth-order valence-electron chi connectivity index (χ4n) is 1.19. The van der Waals surface area contributed by atoms with Gasteiger partial charge in [-0.3, -0.25) is 4.79 Å². The Morgan fingerprint density at radius 3 is 2.81 bits per heavy atom. The predicted molar refractivity (Wildman–Crippen MR) is 58.9 cm³/mol. The normalized spacial score (nSPS) is 9.88. The third-order valence-electron chi connectivity index (χ3n) is 2.03. The summed E-state index contributed by atoms with van der Waals surface area (Å²) in [7, 11) is 3.00. The van der Waals surface area contributed by atoms with E-state index in [4.69, 9.17) is 9.47 Å². The number of phenols is 1. The third-order valence-corrected chi connectivity index (χ3v) is 2.03. The molecule has 0 atom stereocenters. The quantitative estimate of drug-likeness (QED) is 0.726. The topological polar surface area (TPSA) is 67.8 Å². The minimum atomic E-state index is -0.227. The Labute approximate surface area is 94.0 Å². The average molecular weight is 225 g/mol. The van der Waals surface area contributed by atoms with E-state index in [1.807, 2.05) is 0 Å². The second-order valence-electron chi connectivity index (χ2n) is 3.14. The number of amides is 1. The van der Waals surface area contributed by atoms with E-state index in [2.05, 4.69) is 5.32 Å². The smallest absolute Gasteiger partial charge is 0.251 e. The van der Waals surface area contributed by atoms with Crippen molar-refractivity contribution in [3.8, 4) is 11.5 Å². The van der Waals surface area contributed by atoms with Crippen molar-refractivity contribution in [2.45, 2.75) is 0 Å². The lowest BCUT2D eigenvalue weighted by atomic mass is 10.2. The van der Waals surface area contributed by atoms with Crippen LogP contribution in [0.2, 0.25) is 0 Å². The van der Waals surface area contributed by atoms with Gasteiger partial charge >= 0.3 is 0 Å². The molecule has 0 radical (unpaired) electrons. The molecule has 0 aliphatic rings. The minimum absolute atomic E-state index is 0.0101. The largest absolute Gasteiger partial charge is 0.504 e. The Morgan fingerprint density at radius 2 is 2.19 bits per heavy atom. The van der Waals surface area contributed by atoms with Gasteiger partial charge in [0.15, 0.2) is 11.5 Å². The molecule has 0 heterocycles. The summed E-state index contributed by atoms with van der Waals surface area (Å²) in [6.07, 6.45) is 0. The molecule has 16 heavy (non-hydrogen) atoms. The van der Waals surface area contributed by atoms with Gasteiger partial charge in [0.25, 0.3) is 5.91 Å². The highest BCUT2D eigenvalue weighted by atomic mass is 16.5. The van der Waals surface area contributed by atoms with E-state index in [1.54, 1.807) is 7.11 Å². The fraction of sp³-hybridized carbons (Fsp3) is 0.364. The second-order valence-corrected chi connectivity index (χ2v) is 3.14. The van der Waals surface area contributed by atoms with E-state index >= 15 is 0 Å². The van der Waals surface area contributed by atoms with Crippen molar-refractivity contribution in [2.75, 3.05) is 27.4 Å². The summed E-state index contributed by atoms with van der Waals surface area (Å²) in [4.78, 5) is 11.6. The number of carbonyl (C=O) groups excluding carboxylic acids is 1. The van der Waals surface area contributed by atoms with Crippen LogP contribution in [0.3, 0.4) is 0 Å². The van der Waals surface area contributed by atoms with Gasteiger partial charge in [-0.2, -0.15) is 0 Å². The molecule has 5 nitrogen and oxygen atoms in total. The van der Waals surface area contributed by atoms with E-state index in [-0.39, 0.29) is 17.4 Å². The van der Waals surface area contributed by atoms with Gasteiger partial charge < -0.3 is 19.9 Å². The van der Waals surface area contributed by atoms with E-state index in [9.17, 15) is 9.90 Å². The van der Waals surface area contributed by atoms with Crippen molar-refractivity contribution in [2.24, 2.45) is 0 Å². The summed E-state index contributed by atoms with van der Waals surface area (Å²) in [5.74, 6) is 0.0608. The summed E-state index contributed by atoms with van der Waals surface area (Å²) in [5.41, 5.74) is 0.436. The number of hydrogen-bond donors (Lipinski definition) is 2. The van der Waals surface area contributed by atoms with Gasteiger partial charge in [-0.15, -0.1) is 0 Å². The molecule has 0 bridgehead atoms. The zero-order chi connectivity index (χ0) is 12.0. The molecule has 2 N–H and O–H groups in total. The van der Waals surface area contributed by atoms with Gasteiger partial charge in [-0.05, 0) is 18.2 Å². The summed E-state index contributed by atoms with van der Waals surface area (Å²) < 4.78 is 9.72. The highest BCUT2D eigenvalue weighted by molar-refractivity contribution is 5.94. The molecule has 1 amide bonds. The number of ether oxygens (including phenoxy) is 2. The number of phenolic OH excluding ortho intramolecular Hbond substituents is 1. The van der Waals surface area contributed by atoms with Crippen molar-refractivity contribution >= 4 is 5.91 Å². The maximum absolute atomic E-state index is 11.6. The van der Waals surface area contributed by atoms with Crippen molar-refractivity contribution in [3.63, 3.8) is 0 Å². The van der Waals surface area contributed by atoms with E-state index in [0.717, 1.165) is 0 Å². The van der Waals surface area contributed by atoms with Crippen LogP contribution in [0.15, 0.2) is 18.2 Å². The molecular weight excluding hydrogens is 210 g/mol. The van der Waals surface area contributed by atoms with Gasteiger partial charge in [0.2, 0.25) is 0 Å². The fourth-order valence-corrected chi connectivity index (χ4v) is 1.19. The van der Waals surface area contributed by atoms with Crippen LogP contribution in [0.25, 0.3) is 0 Å². The predicted octanol–water partition coefficient (Wildman–Crippen LogP) is 0.777. The maximum atomic E-state index is 11.6. The first kappa shape index (κ1) is 12.3. The van der Waals surface area contributed by atoms with E-state index < -0.39 is 0 Å². The number of methoxy groups -OCH3 is 2. The van der Waals surface area contributed by atoms with Gasteiger partial charge in [0.1, 0.15) is 0 Å². The van der Waals surface area contributed by atoms with Crippen LogP contribution < -0.4 is 10.1 Å². The zero-order valence-corrected chi connectivity index (χ0v) is 9.32. The number of aromatic hydroxyl groups is 1. The zero-order valence-electron chi connectivity index (χ0n) is 9.32. The molecule has 0 aliphatic heterocycles. The molecule has 0 saturated heterocycles. The molecule has 0 aliphatic carbocycles. The third kappa shape index (κ3) is 3.13. The molecule has 0 saturated carbocycles. The highest BCUT2D eigenvalue weighted by Crippen LogP contribution is 2.25. The number of carbonyl (C=O) groups is 1. The number of rotatable bonds is 5. The Morgan fingerprint density at radius 1 is 1.44 bits per heavy atom. The lowest BCUT2D eigenvalue weighted by Gasteiger charge is -2.07. The van der Waals surface area contributed by atoms with Crippen LogP contribution in [0.4, 0.5) is 0 Å². The molecule has 1 rings (SSSR count). The van der Waals surface area contributed by atoms with Crippen LogP contribution in [0.1, 0.15) is 10.4 Å². The Bertz CT molecular complexity index is 365. The van der Waals surface area contributed by atoms with Gasteiger partial charge in [-0.1, -0.05) is 0 Å². The van der Waals surface area contributed by atoms with Gasteiger partial charge in [0.05, 0.1) is 13.7 Å². The lowest BCUT2D eigenvalue weighted by Crippen LogP contribution is -2.26. The van der Waals surface area contributed by atoms with Crippen molar-refractivity contribution in [1.82, 2.24) is 5.32 Å². The van der Waals surface area contributed by atoms with E-state index in [0.29, 0.717) is 18.7 Å². The van der Waals surface area contributed by atoms with Crippen LogP contribution >= 0.6 is 0 Å². The van der Waals surface area contributed by atoms with Crippen molar-refractivity contribution in [3.05, 3.63) is 23.8 Å². The number of nitrogens with one attached hydrogen (secondary N) is 1. The molecular formula is C11H15NO4. The molecule has 0 fully saturated rings. The Balaban J connectivity index is 2.68. The Hall–Kier alpha value is -1.75. The monoisotopic (exact) mass is 225 g/mol. The van der Waals surface area contributed by atoms with Gasteiger partial charge in [0, 0.05) is 19.2 Å². The van der Waals surface area contributed by atoms with Crippen molar-refractivity contribution < 1.29 is 19.4 Å². The van der Waals surface area contributed by atoms with Crippen LogP contribution in [-0.4, -0.2) is 38.4 Å². The maximum Gasteiger partial charge on any atom is 0.251 e. The number of hydrogen-bond acceptors (Lipinski definition) is 4. The van der Waals surface area contributed by atoms with Gasteiger partial charge in [-0.25, -0.2) is 0 Å². The molecule has 1 aromatic rings. The SMILES string of the molecule is COCCNC(=O)c1ccc(O)c(OC)c1. The first-order valence-corrected chi connectivity index (χ1v) is 4.83. The molecule has 0 unspecified atom stereocenters. The Kier molecular flexibility index (Phi) is 4.60. The van der Waals surface area contributed by atoms with Crippen molar-refractivity contribution in [1.29, 1.82) is 0 Å². The van der Waals surface area contributed by atoms with Crippen LogP contribution in [0.5, 0.6) is 11.5 Å². The summed E-state index contributed by atoms with van der Waals surface area (Å²) in [5, 5.41) is 12.0. The first-order chi connectivity index (χ1) is 7.69. The van der Waals surface area contributed by atoms with Crippen LogP contribution in [-0.2, 0) is 4.74 Å². The average Bonchev–Trinajstić information content (AvgIpc) is 2.30. The first-order valence-electron chi connectivity index (χ1n) is 4.83. The molecule has 88 valence electrons. The summed E-state index contributed by atoms with van der Waals surface area (Å²) in [6, 6.07) is 4.43. The molecule has 0 aromatic heterocycles. The lowest BCUT2D eigenvalue weighted by molar-refractivity contribution is 0.0936. The summed E-state index contributed by atoms with van der Waals surface area (Å²) >= 11 is 0. The molecule has 0 spiro atoms. The van der Waals surface area contributed by atoms with Crippen LogP contribution in [0, 0.1) is 0 Å². The summed E-state index contributed by atoms with van der Waals surface area (Å²) in [6.45, 7) is 0.902. The minimum Gasteiger partial charge on any atom is -0.504 e. The molecule has 5 heteroatoms. The standard InChI is InChI=1S/C11H15NO4/c1-15-6-5-12-11(14)8-3-4-9(13)10(7-8)16-2/h3-4,7,13H,5-6H2,1-2H3,(H,12,14).